The van der Waals surface area contributed by atoms with Crippen LogP contribution in [0.4, 0.5) is 0 Å². The van der Waals surface area contributed by atoms with Crippen molar-refractivity contribution in [2.75, 3.05) is 0 Å². The van der Waals surface area contributed by atoms with E-state index in [1.807, 2.05) is 0 Å². The normalized spacial score (nSPS) is 9.88. The second-order valence-electron chi connectivity index (χ2n) is 0.881. The Morgan fingerprint density at radius 1 is 1.38 bits per heavy atom. The zero-order valence-electron chi connectivity index (χ0n) is 3.64. The Bertz CT molecular complexity index is 74.6. The van der Waals surface area contributed by atoms with Crippen LogP contribution in [-0.4, -0.2) is 27.9 Å². The highest BCUT2D eigenvalue weighted by Gasteiger charge is 2.17. The van der Waals surface area contributed by atoms with Crippen molar-refractivity contribution in [2.24, 2.45) is 0 Å². The van der Waals surface area contributed by atoms with E-state index in [1.54, 1.807) is 0 Å². The molecule has 0 radical (unpaired) electrons. The lowest BCUT2D eigenvalue weighted by molar-refractivity contribution is -0.418. The minimum Gasteiger partial charge on any atom is -0.477 e. The van der Waals surface area contributed by atoms with Gasteiger partial charge in [-0.05, 0) is 0 Å². The third kappa shape index (κ3) is 1.85. The summed E-state index contributed by atoms with van der Waals surface area (Å²) in [5.74, 6) is -1.62. The van der Waals surface area contributed by atoms with Crippen LogP contribution in [0.25, 0.3) is 0 Å². The molecule has 3 N–H and O–H groups in total. The van der Waals surface area contributed by atoms with Crippen LogP contribution in [0.15, 0.2) is 0 Å². The van der Waals surface area contributed by atoms with Crippen LogP contribution in [0.5, 0.6) is 0 Å². The highest BCUT2D eigenvalue weighted by Crippen LogP contribution is 1.86. The molecule has 6 nitrogen and oxygen atoms in total. The first kappa shape index (κ1) is 7.31. The number of carboxylic acid groups (broad SMARTS) is 1. The Balaban J connectivity index is 3.52. The third-order valence-electron chi connectivity index (χ3n) is 0.393. The predicted octanol–water partition coefficient (Wildman–Crippen LogP) is -0.624. The second kappa shape index (κ2) is 3.33. The molecule has 0 aromatic rings. The third-order valence-corrected chi connectivity index (χ3v) is 0.393. The zero-order chi connectivity index (χ0) is 6.57. The smallest absolute Gasteiger partial charge is 0.367 e. The maximum Gasteiger partial charge on any atom is 0.367 e. The molecule has 0 fully saturated rings. The fourth-order valence-corrected chi connectivity index (χ4v) is 0.109. The van der Waals surface area contributed by atoms with E-state index in [4.69, 9.17) is 15.6 Å². The number of carbonyl (C=O) groups is 1. The number of hydrogen-bond acceptors (Lipinski definition) is 5. The molecule has 0 aromatic heterocycles. The van der Waals surface area contributed by atoms with Crippen LogP contribution in [0.3, 0.4) is 0 Å². The first-order valence-corrected chi connectivity index (χ1v) is 1.55. The average molecular weight is 124 g/mol. The highest BCUT2D eigenvalue weighted by molar-refractivity contribution is 5.70. The van der Waals surface area contributed by atoms with E-state index in [2.05, 4.69) is 9.78 Å². The van der Waals surface area contributed by atoms with Gasteiger partial charge < -0.3 is 5.11 Å². The van der Waals surface area contributed by atoms with Crippen molar-refractivity contribution >= 4 is 5.97 Å². The molecule has 0 atom stereocenters. The molecule has 0 amide bonds. The quantitative estimate of drug-likeness (QED) is 0.263. The first-order valence-electron chi connectivity index (χ1n) is 1.55. The van der Waals surface area contributed by atoms with Gasteiger partial charge in [0.25, 0.3) is 0 Å². The minimum absolute atomic E-state index is 1.62. The van der Waals surface area contributed by atoms with Crippen molar-refractivity contribution in [2.45, 2.75) is 6.29 Å². The Morgan fingerprint density at radius 2 is 1.75 bits per heavy atom. The van der Waals surface area contributed by atoms with E-state index in [9.17, 15) is 4.79 Å². The van der Waals surface area contributed by atoms with Crippen molar-refractivity contribution in [3.8, 4) is 0 Å². The molecule has 0 saturated carbocycles. The Morgan fingerprint density at radius 3 is 1.75 bits per heavy atom. The molecule has 0 unspecified atom stereocenters. The molecule has 0 aliphatic heterocycles. The fraction of sp³-hybridized carbons (Fsp3) is 0.500. The molecule has 0 aliphatic rings. The first-order chi connectivity index (χ1) is 3.72. The van der Waals surface area contributed by atoms with E-state index in [1.165, 1.54) is 0 Å². The fourth-order valence-electron chi connectivity index (χ4n) is 0.109. The number of aliphatic carboxylic acids is 1. The van der Waals surface area contributed by atoms with Gasteiger partial charge >= 0.3 is 12.3 Å². The van der Waals surface area contributed by atoms with E-state index in [0.29, 0.717) is 0 Å². The van der Waals surface area contributed by atoms with Crippen molar-refractivity contribution in [1.82, 2.24) is 0 Å². The topological polar surface area (TPSA) is 96.2 Å². The van der Waals surface area contributed by atoms with Crippen LogP contribution < -0.4 is 0 Å². The van der Waals surface area contributed by atoms with Gasteiger partial charge in [-0.15, -0.1) is 0 Å². The van der Waals surface area contributed by atoms with E-state index < -0.39 is 12.3 Å². The molecule has 0 bridgehead atoms. The SMILES string of the molecule is O=C(O)C(OO)OO. The standard InChI is InChI=1S/C2H4O6/c3-1(4)2(7-5)8-6/h2,5-6H,(H,3,4). The lowest BCUT2D eigenvalue weighted by atomic mass is 10.7. The molecule has 0 rings (SSSR count). The summed E-state index contributed by atoms with van der Waals surface area (Å²) in [7, 11) is 0. The second-order valence-corrected chi connectivity index (χ2v) is 0.881. The van der Waals surface area contributed by atoms with Gasteiger partial charge in [0.15, 0.2) is 0 Å². The average Bonchev–Trinajstić information content (AvgIpc) is 1.69. The van der Waals surface area contributed by atoms with Crippen LogP contribution >= 0.6 is 0 Å². The lowest BCUT2D eigenvalue weighted by Crippen LogP contribution is -2.24. The summed E-state index contributed by atoms with van der Waals surface area (Å²) in [5, 5.41) is 22.9. The molecule has 0 saturated heterocycles. The predicted molar refractivity (Wildman–Crippen MR) is 18.9 cm³/mol. The maximum absolute atomic E-state index is 9.59. The number of carboxylic acids is 1. The molecule has 0 aliphatic carbocycles. The van der Waals surface area contributed by atoms with Crippen molar-refractivity contribution in [3.63, 3.8) is 0 Å². The van der Waals surface area contributed by atoms with Crippen LogP contribution in [-0.2, 0) is 14.6 Å². The Hall–Kier alpha value is -0.690. The van der Waals surface area contributed by atoms with Gasteiger partial charge in [-0.3, -0.25) is 0 Å². The molecule has 8 heavy (non-hydrogen) atoms. The zero-order valence-corrected chi connectivity index (χ0v) is 3.64. The van der Waals surface area contributed by atoms with Crippen molar-refractivity contribution < 1.29 is 30.2 Å². The molecule has 48 valence electrons. The Kier molecular flexibility index (Phi) is 3.04. The summed E-state index contributed by atoms with van der Waals surface area (Å²) in [6.45, 7) is 0. The van der Waals surface area contributed by atoms with Gasteiger partial charge in [0, 0.05) is 0 Å². The van der Waals surface area contributed by atoms with Gasteiger partial charge in [-0.2, -0.15) is 9.78 Å². The summed E-state index contributed by atoms with van der Waals surface area (Å²) in [5.41, 5.74) is 0. The van der Waals surface area contributed by atoms with E-state index >= 15 is 0 Å². The van der Waals surface area contributed by atoms with Crippen LogP contribution in [0.2, 0.25) is 0 Å². The van der Waals surface area contributed by atoms with Gasteiger partial charge in [0.2, 0.25) is 0 Å². The van der Waals surface area contributed by atoms with E-state index in [0.717, 1.165) is 0 Å². The maximum atomic E-state index is 9.59. The molecular weight excluding hydrogens is 120 g/mol. The Labute approximate surface area is 43.7 Å². The van der Waals surface area contributed by atoms with E-state index in [-0.39, 0.29) is 0 Å². The van der Waals surface area contributed by atoms with Gasteiger partial charge in [-0.1, -0.05) is 0 Å². The van der Waals surface area contributed by atoms with Crippen LogP contribution in [0, 0.1) is 0 Å². The molecule has 0 spiro atoms. The summed E-state index contributed by atoms with van der Waals surface area (Å²) in [6.07, 6.45) is -2.02. The van der Waals surface area contributed by atoms with Crippen molar-refractivity contribution in [1.29, 1.82) is 0 Å². The number of hydrogen-bond donors (Lipinski definition) is 3. The monoisotopic (exact) mass is 124 g/mol. The van der Waals surface area contributed by atoms with Gasteiger partial charge in [0.05, 0.1) is 0 Å². The largest absolute Gasteiger partial charge is 0.477 e. The summed E-state index contributed by atoms with van der Waals surface area (Å²) >= 11 is 0. The minimum atomic E-state index is -2.02. The summed E-state index contributed by atoms with van der Waals surface area (Å²) in [4.78, 5) is 15.8. The van der Waals surface area contributed by atoms with Crippen molar-refractivity contribution in [3.05, 3.63) is 0 Å². The van der Waals surface area contributed by atoms with Crippen LogP contribution in [0.1, 0.15) is 0 Å². The van der Waals surface area contributed by atoms with Gasteiger partial charge in [-0.25, -0.2) is 15.3 Å². The lowest BCUT2D eigenvalue weighted by Gasteiger charge is -2.00. The summed E-state index contributed by atoms with van der Waals surface area (Å²) in [6, 6.07) is 0. The molecule has 6 heteroatoms. The van der Waals surface area contributed by atoms with Gasteiger partial charge in [0.1, 0.15) is 0 Å². The number of rotatable bonds is 3. The molecule has 0 heterocycles. The summed E-state index contributed by atoms with van der Waals surface area (Å²) < 4.78 is 0. The highest BCUT2D eigenvalue weighted by atomic mass is 17.2. The molecular formula is C2H4O6. The molecule has 0 aromatic carbocycles.